The smallest absolute Gasteiger partial charge is 0.243 e. The van der Waals surface area contributed by atoms with Crippen LogP contribution in [0.5, 0.6) is 0 Å². The molecule has 1 heterocycles. The van der Waals surface area contributed by atoms with Gasteiger partial charge in [-0.3, -0.25) is 14.8 Å². The number of rotatable bonds is 9. The van der Waals surface area contributed by atoms with Gasteiger partial charge in [-0.25, -0.2) is 5.48 Å². The SMILES string of the molecule is O=C(CCCCCCNC(=O)C1CCc2c(c3ccccc3n2-c2ccccc2Cl)C1)NO. The molecule has 2 amide bonds. The summed E-state index contributed by atoms with van der Waals surface area (Å²) in [5.41, 5.74) is 6.26. The van der Waals surface area contributed by atoms with E-state index in [1.54, 1.807) is 5.48 Å². The monoisotopic (exact) mass is 467 g/mol. The van der Waals surface area contributed by atoms with Crippen LogP contribution in [0.2, 0.25) is 5.02 Å². The highest BCUT2D eigenvalue weighted by atomic mass is 35.5. The highest BCUT2D eigenvalue weighted by molar-refractivity contribution is 6.32. The van der Waals surface area contributed by atoms with Gasteiger partial charge in [-0.1, -0.05) is 54.8 Å². The lowest BCUT2D eigenvalue weighted by Gasteiger charge is -2.24. The first-order valence-electron chi connectivity index (χ1n) is 11.7. The fourth-order valence-corrected chi connectivity index (χ4v) is 5.04. The van der Waals surface area contributed by atoms with Gasteiger partial charge >= 0.3 is 0 Å². The van der Waals surface area contributed by atoms with Crippen molar-refractivity contribution >= 4 is 34.3 Å². The van der Waals surface area contributed by atoms with Crippen molar-refractivity contribution in [3.8, 4) is 5.69 Å². The molecule has 7 heteroatoms. The summed E-state index contributed by atoms with van der Waals surface area (Å²) in [6.07, 6.45) is 6.18. The van der Waals surface area contributed by atoms with E-state index in [4.69, 9.17) is 16.8 Å². The molecular formula is C26H30ClN3O3. The maximum atomic E-state index is 12.9. The Hall–Kier alpha value is -2.83. The van der Waals surface area contributed by atoms with Gasteiger partial charge in [-0.05, 0) is 55.9 Å². The third-order valence-electron chi connectivity index (χ3n) is 6.49. The Morgan fingerprint density at radius 2 is 1.79 bits per heavy atom. The Labute approximate surface area is 198 Å². The zero-order valence-corrected chi connectivity index (χ0v) is 19.4. The van der Waals surface area contributed by atoms with Crippen LogP contribution in [0.4, 0.5) is 0 Å². The number of unbranched alkanes of at least 4 members (excludes halogenated alkanes) is 3. The molecule has 0 saturated carbocycles. The van der Waals surface area contributed by atoms with E-state index in [1.807, 2.05) is 36.4 Å². The number of amides is 2. The Morgan fingerprint density at radius 1 is 1.03 bits per heavy atom. The molecule has 1 aromatic heterocycles. The van der Waals surface area contributed by atoms with E-state index in [9.17, 15) is 9.59 Å². The minimum atomic E-state index is -0.351. The number of hydrogen-bond acceptors (Lipinski definition) is 3. The normalized spacial score (nSPS) is 15.3. The van der Waals surface area contributed by atoms with Crippen LogP contribution >= 0.6 is 11.6 Å². The predicted molar refractivity (Wildman–Crippen MR) is 130 cm³/mol. The van der Waals surface area contributed by atoms with Gasteiger partial charge in [-0.2, -0.15) is 0 Å². The van der Waals surface area contributed by atoms with Crippen molar-refractivity contribution in [2.45, 2.75) is 51.4 Å². The van der Waals surface area contributed by atoms with E-state index in [-0.39, 0.29) is 17.7 Å². The molecule has 2 aromatic carbocycles. The first-order valence-corrected chi connectivity index (χ1v) is 12.0. The maximum Gasteiger partial charge on any atom is 0.243 e. The fourth-order valence-electron chi connectivity index (χ4n) is 4.82. The molecule has 3 N–H and O–H groups in total. The molecule has 0 fully saturated rings. The number of nitrogens with zero attached hydrogens (tertiary/aromatic N) is 1. The van der Waals surface area contributed by atoms with Crippen LogP contribution in [-0.4, -0.2) is 28.1 Å². The van der Waals surface area contributed by atoms with Gasteiger partial charge in [0.25, 0.3) is 0 Å². The average molecular weight is 468 g/mol. The molecule has 6 nitrogen and oxygen atoms in total. The van der Waals surface area contributed by atoms with Gasteiger partial charge in [0.1, 0.15) is 0 Å². The largest absolute Gasteiger partial charge is 0.356 e. The summed E-state index contributed by atoms with van der Waals surface area (Å²) >= 11 is 6.55. The summed E-state index contributed by atoms with van der Waals surface area (Å²) in [4.78, 5) is 23.9. The summed E-state index contributed by atoms with van der Waals surface area (Å²) < 4.78 is 2.26. The number of carbonyl (C=O) groups is 2. The van der Waals surface area contributed by atoms with Crippen molar-refractivity contribution in [2.24, 2.45) is 5.92 Å². The van der Waals surface area contributed by atoms with E-state index in [2.05, 4.69) is 22.0 Å². The Bertz CT molecular complexity index is 1140. The summed E-state index contributed by atoms with van der Waals surface area (Å²) in [5.74, 6) is -0.262. The van der Waals surface area contributed by atoms with Crippen LogP contribution in [0.3, 0.4) is 0 Å². The Balaban J connectivity index is 1.40. The molecule has 3 aromatic rings. The fraction of sp³-hybridized carbons (Fsp3) is 0.385. The summed E-state index contributed by atoms with van der Waals surface area (Å²) in [6.45, 7) is 0.649. The molecule has 1 aliphatic carbocycles. The lowest BCUT2D eigenvalue weighted by atomic mass is 9.85. The lowest BCUT2D eigenvalue weighted by Crippen LogP contribution is -2.34. The van der Waals surface area contributed by atoms with Crippen LogP contribution in [-0.2, 0) is 22.4 Å². The van der Waals surface area contributed by atoms with Crippen LogP contribution in [0.1, 0.15) is 49.8 Å². The van der Waals surface area contributed by atoms with E-state index < -0.39 is 0 Å². The number of halogens is 1. The molecule has 0 spiro atoms. The summed E-state index contributed by atoms with van der Waals surface area (Å²) in [6, 6.07) is 16.3. The third kappa shape index (κ3) is 5.23. The van der Waals surface area contributed by atoms with Crippen LogP contribution in [0.15, 0.2) is 48.5 Å². The number of para-hydroxylation sites is 2. The zero-order valence-electron chi connectivity index (χ0n) is 18.6. The molecule has 4 rings (SSSR count). The minimum Gasteiger partial charge on any atom is -0.356 e. The third-order valence-corrected chi connectivity index (χ3v) is 6.81. The molecule has 0 radical (unpaired) electrons. The van der Waals surface area contributed by atoms with Gasteiger partial charge in [0.05, 0.1) is 16.2 Å². The lowest BCUT2D eigenvalue weighted by molar-refractivity contribution is -0.129. The van der Waals surface area contributed by atoms with Crippen molar-refractivity contribution in [3.63, 3.8) is 0 Å². The molecule has 174 valence electrons. The van der Waals surface area contributed by atoms with Gasteiger partial charge in [-0.15, -0.1) is 0 Å². The number of nitrogens with one attached hydrogen (secondary N) is 2. The first kappa shape index (κ1) is 23.3. The van der Waals surface area contributed by atoms with Gasteiger partial charge in [0, 0.05) is 30.0 Å². The van der Waals surface area contributed by atoms with Crippen LogP contribution in [0, 0.1) is 5.92 Å². The van der Waals surface area contributed by atoms with E-state index in [1.165, 1.54) is 16.6 Å². The second-order valence-electron chi connectivity index (χ2n) is 8.66. The molecule has 0 bridgehead atoms. The molecular weight excluding hydrogens is 438 g/mol. The van der Waals surface area contributed by atoms with Crippen molar-refractivity contribution in [1.82, 2.24) is 15.4 Å². The zero-order chi connectivity index (χ0) is 23.2. The number of fused-ring (bicyclic) bond motifs is 3. The number of carbonyl (C=O) groups excluding carboxylic acids is 2. The van der Waals surface area contributed by atoms with E-state index in [0.29, 0.717) is 13.0 Å². The molecule has 33 heavy (non-hydrogen) atoms. The highest BCUT2D eigenvalue weighted by Gasteiger charge is 2.29. The Kier molecular flexibility index (Phi) is 7.68. The topological polar surface area (TPSA) is 83.4 Å². The second kappa shape index (κ2) is 10.9. The maximum absolute atomic E-state index is 12.9. The average Bonchev–Trinajstić information content (AvgIpc) is 3.17. The number of hydrogen-bond donors (Lipinski definition) is 3. The van der Waals surface area contributed by atoms with Crippen molar-refractivity contribution < 1.29 is 14.8 Å². The van der Waals surface area contributed by atoms with Crippen molar-refractivity contribution in [1.29, 1.82) is 0 Å². The predicted octanol–water partition coefficient (Wildman–Crippen LogP) is 4.96. The van der Waals surface area contributed by atoms with Gasteiger partial charge < -0.3 is 9.88 Å². The van der Waals surface area contributed by atoms with Crippen LogP contribution in [0.25, 0.3) is 16.6 Å². The quantitative estimate of drug-likeness (QED) is 0.236. The summed E-state index contributed by atoms with van der Waals surface area (Å²) in [5, 5.41) is 13.5. The minimum absolute atomic E-state index is 0.0312. The number of aromatic nitrogens is 1. The van der Waals surface area contributed by atoms with Gasteiger partial charge in [0.2, 0.25) is 11.8 Å². The van der Waals surface area contributed by atoms with E-state index >= 15 is 0 Å². The van der Waals surface area contributed by atoms with Crippen molar-refractivity contribution in [3.05, 3.63) is 64.8 Å². The molecule has 1 unspecified atom stereocenters. The van der Waals surface area contributed by atoms with Crippen molar-refractivity contribution in [2.75, 3.05) is 6.54 Å². The summed E-state index contributed by atoms with van der Waals surface area (Å²) in [7, 11) is 0. The van der Waals surface area contributed by atoms with E-state index in [0.717, 1.165) is 61.2 Å². The molecule has 1 atom stereocenters. The van der Waals surface area contributed by atoms with Crippen LogP contribution < -0.4 is 10.8 Å². The first-order chi connectivity index (χ1) is 16.1. The molecule has 1 aliphatic rings. The highest BCUT2D eigenvalue weighted by Crippen LogP contribution is 2.38. The number of benzene rings is 2. The second-order valence-corrected chi connectivity index (χ2v) is 9.07. The van der Waals surface area contributed by atoms with Gasteiger partial charge in [0.15, 0.2) is 0 Å². The number of hydroxylamine groups is 1. The standard InChI is InChI=1S/C26H30ClN3O3/c27-21-10-5-7-12-24(21)30-22-11-6-4-9-19(22)20-17-18(14-15-23(20)30)26(32)28-16-8-2-1-3-13-25(31)29-33/h4-7,9-12,18,33H,1-3,8,13-17H2,(H,28,32)(H,29,31). The molecule has 0 aliphatic heterocycles. The Morgan fingerprint density at radius 3 is 2.61 bits per heavy atom. The molecule has 0 saturated heterocycles.